The second-order valence-corrected chi connectivity index (χ2v) is 7.17. The maximum absolute atomic E-state index is 10.6. The monoisotopic (exact) mass is 479 g/mol. The largest absolute Gasteiger partial charge is 0.463 e. The van der Waals surface area contributed by atoms with E-state index in [1.165, 1.54) is 31.1 Å². The summed E-state index contributed by atoms with van der Waals surface area (Å²) >= 11 is 0. The van der Waals surface area contributed by atoms with E-state index >= 15 is 0 Å². The van der Waals surface area contributed by atoms with Gasteiger partial charge in [-0.3, -0.25) is 0 Å². The summed E-state index contributed by atoms with van der Waals surface area (Å²) in [7, 11) is 0. The molecule has 7 heteroatoms. The Balaban J connectivity index is -0.000000189. The van der Waals surface area contributed by atoms with Gasteiger partial charge in [0.05, 0.1) is 25.9 Å². The normalized spacial score (nSPS) is 8.50. The third-order valence-electron chi connectivity index (χ3n) is 3.46. The Kier molecular flexibility index (Phi) is 35.9. The van der Waals surface area contributed by atoms with Crippen molar-refractivity contribution in [2.24, 2.45) is 5.92 Å². The standard InChI is InChI=1S/C11H20O2.C7H12O2.C6H10O2.C3H3N/c1-4-11(12)13-9-7-5-6-8-10(2)3;1-3-5-6-9-7(8)4-2;1-4-8-6(7)5(2)3;1-2-3-4/h4,10H,1,5-9H2,2-3H3;4H,2-3,5-6H2,1H3;2,4H2,1,3H3;2H,1H2. The molecule has 0 N–H and O–H groups in total. The van der Waals surface area contributed by atoms with Gasteiger partial charge in [0, 0.05) is 23.8 Å². The zero-order valence-electron chi connectivity index (χ0n) is 21.9. The van der Waals surface area contributed by atoms with Crippen LogP contribution in [0.1, 0.15) is 73.1 Å². The van der Waals surface area contributed by atoms with Gasteiger partial charge in [0.15, 0.2) is 0 Å². The second-order valence-electron chi connectivity index (χ2n) is 7.17. The lowest BCUT2D eigenvalue weighted by molar-refractivity contribution is -0.139. The molecule has 0 aromatic heterocycles. The number of ether oxygens (including phenoxy) is 3. The number of allylic oxidation sites excluding steroid dienone is 1. The summed E-state index contributed by atoms with van der Waals surface area (Å²) in [6.07, 6.45) is 10.1. The summed E-state index contributed by atoms with van der Waals surface area (Å²) in [5.74, 6) is -0.185. The van der Waals surface area contributed by atoms with Crippen LogP contribution in [-0.4, -0.2) is 37.7 Å². The summed E-state index contributed by atoms with van der Waals surface area (Å²) in [6.45, 7) is 24.4. The molecule has 0 spiro atoms. The van der Waals surface area contributed by atoms with Crippen molar-refractivity contribution in [1.29, 1.82) is 5.26 Å². The smallest absolute Gasteiger partial charge is 0.333 e. The Hall–Kier alpha value is -3.14. The summed E-state index contributed by atoms with van der Waals surface area (Å²) in [4.78, 5) is 31.4. The average molecular weight is 480 g/mol. The van der Waals surface area contributed by atoms with Crippen LogP contribution in [0.4, 0.5) is 0 Å². The van der Waals surface area contributed by atoms with Gasteiger partial charge in [-0.05, 0) is 32.6 Å². The average Bonchev–Trinajstić information content (AvgIpc) is 2.82. The van der Waals surface area contributed by atoms with Crippen LogP contribution in [0.5, 0.6) is 0 Å². The summed E-state index contributed by atoms with van der Waals surface area (Å²) < 4.78 is 14.1. The van der Waals surface area contributed by atoms with Crippen molar-refractivity contribution < 1.29 is 28.6 Å². The molecule has 0 saturated heterocycles. The lowest BCUT2D eigenvalue weighted by atomic mass is 10.1. The zero-order valence-corrected chi connectivity index (χ0v) is 21.9. The van der Waals surface area contributed by atoms with Crippen LogP contribution in [-0.2, 0) is 28.6 Å². The number of unbranched alkanes of at least 4 members (excludes halogenated alkanes) is 3. The van der Waals surface area contributed by atoms with E-state index in [9.17, 15) is 14.4 Å². The van der Waals surface area contributed by atoms with Crippen molar-refractivity contribution in [2.45, 2.75) is 73.1 Å². The van der Waals surface area contributed by atoms with Crippen molar-refractivity contribution in [2.75, 3.05) is 19.8 Å². The van der Waals surface area contributed by atoms with Crippen LogP contribution in [0.2, 0.25) is 0 Å². The lowest BCUT2D eigenvalue weighted by Gasteiger charge is -2.04. The Morgan fingerprint density at radius 3 is 1.65 bits per heavy atom. The summed E-state index contributed by atoms with van der Waals surface area (Å²) in [5.41, 5.74) is 0.451. The molecule has 0 heterocycles. The maximum Gasteiger partial charge on any atom is 0.333 e. The van der Waals surface area contributed by atoms with Gasteiger partial charge in [-0.1, -0.05) is 72.8 Å². The molecule has 0 fully saturated rings. The number of carbonyl (C=O) groups excluding carboxylic acids is 3. The van der Waals surface area contributed by atoms with Crippen LogP contribution in [0.3, 0.4) is 0 Å². The van der Waals surface area contributed by atoms with E-state index in [1.54, 1.807) is 19.9 Å². The lowest BCUT2D eigenvalue weighted by Crippen LogP contribution is -2.03. The fourth-order valence-electron chi connectivity index (χ4n) is 1.69. The summed E-state index contributed by atoms with van der Waals surface area (Å²) in [5, 5.41) is 7.51. The van der Waals surface area contributed by atoms with E-state index in [0.717, 1.165) is 31.6 Å². The molecule has 0 radical (unpaired) electrons. The highest BCUT2D eigenvalue weighted by molar-refractivity contribution is 5.86. The molecule has 0 aromatic carbocycles. The van der Waals surface area contributed by atoms with Crippen LogP contribution in [0, 0.1) is 17.2 Å². The van der Waals surface area contributed by atoms with Crippen LogP contribution in [0.15, 0.2) is 50.1 Å². The first kappa shape index (κ1) is 38.1. The molecular formula is C27H45NO6. The molecule has 0 bridgehead atoms. The number of esters is 3. The van der Waals surface area contributed by atoms with Crippen LogP contribution in [0.25, 0.3) is 0 Å². The molecule has 0 atom stereocenters. The molecule has 194 valence electrons. The first-order valence-electron chi connectivity index (χ1n) is 11.5. The number of nitrogens with zero attached hydrogens (tertiary/aromatic N) is 1. The van der Waals surface area contributed by atoms with Gasteiger partial charge >= 0.3 is 17.9 Å². The highest BCUT2D eigenvalue weighted by Gasteiger charge is 1.98. The molecular weight excluding hydrogens is 434 g/mol. The van der Waals surface area contributed by atoms with E-state index in [1.807, 2.05) is 6.92 Å². The topological polar surface area (TPSA) is 103 Å². The van der Waals surface area contributed by atoms with Gasteiger partial charge in [0.1, 0.15) is 0 Å². The van der Waals surface area contributed by atoms with Crippen LogP contribution < -0.4 is 0 Å². The van der Waals surface area contributed by atoms with E-state index in [-0.39, 0.29) is 17.9 Å². The third-order valence-corrected chi connectivity index (χ3v) is 3.46. The molecule has 0 aliphatic carbocycles. The highest BCUT2D eigenvalue weighted by Crippen LogP contribution is 2.07. The van der Waals surface area contributed by atoms with E-state index in [0.29, 0.717) is 25.4 Å². The van der Waals surface area contributed by atoms with E-state index in [2.05, 4.69) is 49.6 Å². The molecule has 0 aliphatic heterocycles. The minimum atomic E-state index is -0.330. The maximum atomic E-state index is 10.6. The third kappa shape index (κ3) is 42.9. The van der Waals surface area contributed by atoms with Gasteiger partial charge in [0.2, 0.25) is 0 Å². The SMILES string of the molecule is C=C(C)C(=O)OCC.C=CC#N.C=CC(=O)OCCCC.C=CC(=O)OCCCCCC(C)C. The quantitative estimate of drug-likeness (QED) is 0.101. The molecule has 0 unspecified atom stereocenters. The molecule has 0 saturated carbocycles. The van der Waals surface area contributed by atoms with Gasteiger partial charge in [0.25, 0.3) is 0 Å². The van der Waals surface area contributed by atoms with Gasteiger partial charge in [-0.2, -0.15) is 5.26 Å². The Labute approximate surface area is 207 Å². The predicted molar refractivity (Wildman–Crippen MR) is 138 cm³/mol. The Morgan fingerprint density at radius 2 is 1.35 bits per heavy atom. The first-order valence-corrected chi connectivity index (χ1v) is 11.5. The van der Waals surface area contributed by atoms with Crippen molar-refractivity contribution in [3.05, 3.63) is 50.1 Å². The van der Waals surface area contributed by atoms with E-state index < -0.39 is 0 Å². The van der Waals surface area contributed by atoms with Gasteiger partial charge in [-0.15, -0.1) is 0 Å². The van der Waals surface area contributed by atoms with E-state index in [4.69, 9.17) is 10.00 Å². The number of hydrogen-bond donors (Lipinski definition) is 0. The van der Waals surface area contributed by atoms with Crippen LogP contribution >= 0.6 is 0 Å². The molecule has 0 amide bonds. The Bertz CT molecular complexity index is 617. The summed E-state index contributed by atoms with van der Waals surface area (Å²) in [6, 6.07) is 1.69. The zero-order chi connectivity index (χ0) is 27.2. The van der Waals surface area contributed by atoms with Crippen molar-refractivity contribution >= 4 is 17.9 Å². The van der Waals surface area contributed by atoms with Gasteiger partial charge in [-0.25, -0.2) is 14.4 Å². The number of rotatable bonds is 13. The molecule has 34 heavy (non-hydrogen) atoms. The van der Waals surface area contributed by atoms with Crippen molar-refractivity contribution in [3.8, 4) is 6.07 Å². The van der Waals surface area contributed by atoms with Crippen molar-refractivity contribution in [3.63, 3.8) is 0 Å². The minimum absolute atomic E-state index is 0.312. The fraction of sp³-hybridized carbons (Fsp3) is 0.556. The number of carbonyl (C=O) groups is 3. The fourth-order valence-corrected chi connectivity index (χ4v) is 1.69. The molecule has 0 aromatic rings. The number of nitriles is 1. The second kappa shape index (κ2) is 32.0. The molecule has 0 aliphatic rings. The molecule has 7 nitrogen and oxygen atoms in total. The minimum Gasteiger partial charge on any atom is -0.463 e. The Morgan fingerprint density at radius 1 is 0.882 bits per heavy atom. The predicted octanol–water partition coefficient (Wildman–Crippen LogP) is 6.27. The first-order chi connectivity index (χ1) is 16.1. The van der Waals surface area contributed by atoms with Gasteiger partial charge < -0.3 is 14.2 Å². The van der Waals surface area contributed by atoms with Crippen molar-refractivity contribution in [1.82, 2.24) is 0 Å². The number of hydrogen-bond acceptors (Lipinski definition) is 7. The highest BCUT2D eigenvalue weighted by atomic mass is 16.5. The molecule has 0 rings (SSSR count).